The highest BCUT2D eigenvalue weighted by Crippen LogP contribution is 2.17. The lowest BCUT2D eigenvalue weighted by Gasteiger charge is -2.23. The number of allylic oxidation sites excluding steroid dienone is 3. The summed E-state index contributed by atoms with van der Waals surface area (Å²) < 4.78 is 0. The molecule has 0 heterocycles. The van der Waals surface area contributed by atoms with Gasteiger partial charge in [0, 0.05) is 6.54 Å². The van der Waals surface area contributed by atoms with E-state index in [-0.39, 0.29) is 11.5 Å². The van der Waals surface area contributed by atoms with Crippen LogP contribution in [0.5, 0.6) is 0 Å². The number of hydrogen-bond donors (Lipinski definition) is 2. The minimum atomic E-state index is -0.454. The van der Waals surface area contributed by atoms with E-state index in [2.05, 4.69) is 6.58 Å². The summed E-state index contributed by atoms with van der Waals surface area (Å²) in [6.07, 6.45) is 3.75. The molecule has 0 atom stereocenters. The van der Waals surface area contributed by atoms with Crippen LogP contribution in [0.1, 0.15) is 6.42 Å². The highest BCUT2D eigenvalue weighted by atomic mass is 16.3. The van der Waals surface area contributed by atoms with Gasteiger partial charge in [0.15, 0.2) is 5.76 Å². The molecule has 1 aliphatic rings. The lowest BCUT2D eigenvalue weighted by molar-refractivity contribution is -0.116. The molecule has 0 saturated heterocycles. The normalized spacial score (nSPS) is 16.0. The number of ketones is 1. The fourth-order valence-corrected chi connectivity index (χ4v) is 1.55. The molecule has 0 unspecified atom stereocenters. The van der Waals surface area contributed by atoms with Crippen molar-refractivity contribution in [2.45, 2.75) is 6.42 Å². The van der Waals surface area contributed by atoms with Crippen molar-refractivity contribution in [2.75, 3.05) is 27.2 Å². The average molecular weight is 237 g/mol. The van der Waals surface area contributed by atoms with Gasteiger partial charge in [-0.25, -0.2) is 5.84 Å². The Labute approximate surface area is 101 Å². The molecule has 0 bridgehead atoms. The predicted molar refractivity (Wildman–Crippen MR) is 67.0 cm³/mol. The molecule has 0 aromatic carbocycles. The van der Waals surface area contributed by atoms with Gasteiger partial charge in [-0.05, 0) is 44.8 Å². The van der Waals surface area contributed by atoms with Crippen molar-refractivity contribution in [1.82, 2.24) is 9.91 Å². The molecule has 94 valence electrons. The molecule has 1 aliphatic carbocycles. The number of nitrogens with two attached hydrogens (primary N) is 1. The molecule has 17 heavy (non-hydrogen) atoms. The number of hydrazine groups is 1. The zero-order chi connectivity index (χ0) is 13.0. The summed E-state index contributed by atoms with van der Waals surface area (Å²) >= 11 is 0. The monoisotopic (exact) mass is 237 g/mol. The van der Waals surface area contributed by atoms with E-state index in [1.165, 1.54) is 11.1 Å². The maximum absolute atomic E-state index is 11.6. The van der Waals surface area contributed by atoms with Gasteiger partial charge in [0.2, 0.25) is 5.78 Å². The number of aliphatic hydroxyl groups excluding tert-OH is 1. The highest BCUT2D eigenvalue weighted by molar-refractivity contribution is 6.08. The lowest BCUT2D eigenvalue weighted by atomic mass is 10.1. The van der Waals surface area contributed by atoms with Crippen molar-refractivity contribution in [3.63, 3.8) is 0 Å². The van der Waals surface area contributed by atoms with Gasteiger partial charge in [0.25, 0.3) is 0 Å². The number of aliphatic hydroxyl groups is 1. The van der Waals surface area contributed by atoms with Crippen molar-refractivity contribution in [2.24, 2.45) is 5.84 Å². The Kier molecular flexibility index (Phi) is 4.48. The van der Waals surface area contributed by atoms with Crippen molar-refractivity contribution >= 4 is 5.78 Å². The molecular weight excluding hydrogens is 218 g/mol. The molecule has 5 nitrogen and oxygen atoms in total. The number of nitrogens with zero attached hydrogens (tertiary/aromatic N) is 2. The molecule has 0 aliphatic heterocycles. The van der Waals surface area contributed by atoms with E-state index in [4.69, 9.17) is 5.84 Å². The highest BCUT2D eigenvalue weighted by Gasteiger charge is 2.22. The standard InChI is InChI=1S/C12H19N3O2/c1-9-7-10(12(17)11(16)8-9)15(13)6-4-5-14(2)3/h7-8,16H,1,4-6,13H2,2-3H3. The third-order valence-corrected chi connectivity index (χ3v) is 2.42. The van der Waals surface area contributed by atoms with Crippen molar-refractivity contribution in [3.05, 3.63) is 35.8 Å². The molecule has 3 N–H and O–H groups in total. The molecule has 0 spiro atoms. The summed E-state index contributed by atoms with van der Waals surface area (Å²) in [5.74, 6) is 5.03. The van der Waals surface area contributed by atoms with E-state index in [0.29, 0.717) is 12.1 Å². The van der Waals surface area contributed by atoms with Gasteiger partial charge < -0.3 is 15.0 Å². The largest absolute Gasteiger partial charge is 0.504 e. The summed E-state index contributed by atoms with van der Waals surface area (Å²) in [5.41, 5.74) is 0.855. The number of carbonyl (C=O) groups is 1. The van der Waals surface area contributed by atoms with E-state index < -0.39 is 5.78 Å². The smallest absolute Gasteiger partial charge is 0.244 e. The van der Waals surface area contributed by atoms with E-state index in [9.17, 15) is 9.90 Å². The van der Waals surface area contributed by atoms with E-state index in [1.807, 2.05) is 19.0 Å². The summed E-state index contributed by atoms with van der Waals surface area (Å²) in [5, 5.41) is 10.8. The van der Waals surface area contributed by atoms with Crippen LogP contribution in [0.25, 0.3) is 0 Å². The minimum Gasteiger partial charge on any atom is -0.504 e. The number of rotatable bonds is 5. The van der Waals surface area contributed by atoms with Crippen LogP contribution >= 0.6 is 0 Å². The first kappa shape index (κ1) is 13.5. The van der Waals surface area contributed by atoms with Gasteiger partial charge in [-0.2, -0.15) is 0 Å². The molecule has 0 aromatic rings. The van der Waals surface area contributed by atoms with Crippen LogP contribution in [0, 0.1) is 0 Å². The molecule has 1 rings (SSSR count). The Bertz CT molecular complexity index is 383. The molecule has 0 fully saturated rings. The van der Waals surface area contributed by atoms with E-state index in [0.717, 1.165) is 13.0 Å². The number of carbonyl (C=O) groups excluding carboxylic acids is 1. The van der Waals surface area contributed by atoms with Crippen LogP contribution in [0.3, 0.4) is 0 Å². The van der Waals surface area contributed by atoms with Crippen molar-refractivity contribution < 1.29 is 9.90 Å². The maximum atomic E-state index is 11.6. The summed E-state index contributed by atoms with van der Waals surface area (Å²) in [7, 11) is 3.95. The van der Waals surface area contributed by atoms with E-state index in [1.54, 1.807) is 6.08 Å². The second-order valence-electron chi connectivity index (χ2n) is 4.31. The van der Waals surface area contributed by atoms with Crippen LogP contribution in [0.2, 0.25) is 0 Å². The van der Waals surface area contributed by atoms with Crippen LogP contribution in [0.4, 0.5) is 0 Å². The first-order valence-corrected chi connectivity index (χ1v) is 5.44. The Balaban J connectivity index is 2.60. The summed E-state index contributed by atoms with van der Waals surface area (Å²) in [6, 6.07) is 0. The van der Waals surface area contributed by atoms with Crippen molar-refractivity contribution in [1.29, 1.82) is 0 Å². The first-order chi connectivity index (χ1) is 7.91. The van der Waals surface area contributed by atoms with E-state index >= 15 is 0 Å². The average Bonchev–Trinajstić information content (AvgIpc) is 2.22. The van der Waals surface area contributed by atoms with Gasteiger partial charge >= 0.3 is 0 Å². The first-order valence-electron chi connectivity index (χ1n) is 5.44. The molecule has 0 amide bonds. The second kappa shape index (κ2) is 5.65. The van der Waals surface area contributed by atoms with Crippen LogP contribution in [0.15, 0.2) is 35.8 Å². The van der Waals surface area contributed by atoms with Gasteiger partial charge in [-0.3, -0.25) is 4.79 Å². The van der Waals surface area contributed by atoms with Gasteiger partial charge in [-0.15, -0.1) is 0 Å². The topological polar surface area (TPSA) is 69.8 Å². The Morgan fingerprint density at radius 1 is 1.35 bits per heavy atom. The molecular formula is C12H19N3O2. The number of hydrogen-bond acceptors (Lipinski definition) is 5. The molecule has 5 heteroatoms. The summed E-state index contributed by atoms with van der Waals surface area (Å²) in [6.45, 7) is 5.12. The predicted octanol–water partition coefficient (Wildman–Crippen LogP) is 0.579. The van der Waals surface area contributed by atoms with Crippen LogP contribution < -0.4 is 5.84 Å². The fraction of sp³-hybridized carbons (Fsp3) is 0.417. The quantitative estimate of drug-likeness (QED) is 0.540. The van der Waals surface area contributed by atoms with Gasteiger partial charge in [0.05, 0.1) is 0 Å². The van der Waals surface area contributed by atoms with Crippen LogP contribution in [-0.4, -0.2) is 48.0 Å². The Hall–Kier alpha value is -1.59. The lowest BCUT2D eigenvalue weighted by Crippen LogP contribution is -2.37. The number of Topliss-reactive ketones (excluding diaryl/α,β-unsaturated/α-hetero) is 1. The third kappa shape index (κ3) is 3.72. The minimum absolute atomic E-state index is 0.286. The van der Waals surface area contributed by atoms with Gasteiger partial charge in [-0.1, -0.05) is 6.58 Å². The Morgan fingerprint density at radius 3 is 2.59 bits per heavy atom. The zero-order valence-electron chi connectivity index (χ0n) is 10.3. The second-order valence-corrected chi connectivity index (χ2v) is 4.31. The SMILES string of the molecule is C=C1C=C(O)C(=O)C(N(N)CCCN(C)C)=C1. The molecule has 0 radical (unpaired) electrons. The van der Waals surface area contributed by atoms with Crippen LogP contribution in [-0.2, 0) is 4.79 Å². The summed E-state index contributed by atoms with van der Waals surface area (Å²) in [4.78, 5) is 13.7. The van der Waals surface area contributed by atoms with Gasteiger partial charge in [0.1, 0.15) is 5.70 Å². The zero-order valence-corrected chi connectivity index (χ0v) is 10.3. The molecule has 0 saturated carbocycles. The fourth-order valence-electron chi connectivity index (χ4n) is 1.55. The van der Waals surface area contributed by atoms with Crippen molar-refractivity contribution in [3.8, 4) is 0 Å². The third-order valence-electron chi connectivity index (χ3n) is 2.42. The maximum Gasteiger partial charge on any atom is 0.244 e. The molecule has 0 aromatic heterocycles. The Morgan fingerprint density at radius 2 is 2.00 bits per heavy atom.